The summed E-state index contributed by atoms with van der Waals surface area (Å²) < 4.78 is 38.4. The molecular formula is C9H9Cl2F3O. The van der Waals surface area contributed by atoms with E-state index in [0.717, 1.165) is 0 Å². The number of carbonyl (C=O) groups is 1. The van der Waals surface area contributed by atoms with Gasteiger partial charge in [0.15, 0.2) is 5.83 Å². The molecule has 1 nitrogen and oxygen atoms in total. The number of hydrogen-bond acceptors (Lipinski definition) is 1. The van der Waals surface area contributed by atoms with Crippen LogP contribution in [0.1, 0.15) is 13.8 Å². The molecule has 0 saturated heterocycles. The highest BCUT2D eigenvalue weighted by Gasteiger charge is 2.64. The van der Waals surface area contributed by atoms with Gasteiger partial charge in [0.05, 0.1) is 0 Å². The summed E-state index contributed by atoms with van der Waals surface area (Å²) >= 11 is 9.96. The number of alkyl halides is 2. The number of carbonyl (C=O) groups excluding carboxylic acids is 1. The van der Waals surface area contributed by atoms with E-state index < -0.39 is 39.8 Å². The lowest BCUT2D eigenvalue weighted by atomic mass is 10.1. The zero-order valence-corrected chi connectivity index (χ0v) is 9.54. The van der Waals surface area contributed by atoms with Crippen molar-refractivity contribution in [2.24, 2.45) is 17.3 Å². The second-order valence-corrected chi connectivity index (χ2v) is 4.83. The van der Waals surface area contributed by atoms with Crippen LogP contribution >= 0.6 is 23.2 Å². The van der Waals surface area contributed by atoms with Gasteiger partial charge in [0.25, 0.3) is 0 Å². The molecule has 0 aromatic heterocycles. The Morgan fingerprint density at radius 1 is 1.33 bits per heavy atom. The molecule has 1 aliphatic carbocycles. The van der Waals surface area contributed by atoms with E-state index in [1.165, 1.54) is 0 Å². The molecule has 6 heteroatoms. The summed E-state index contributed by atoms with van der Waals surface area (Å²) in [6, 6.07) is 0. The van der Waals surface area contributed by atoms with Crippen LogP contribution in [0.3, 0.4) is 0 Å². The second kappa shape index (κ2) is 3.98. The van der Waals surface area contributed by atoms with Crippen molar-refractivity contribution in [1.29, 1.82) is 0 Å². The quantitative estimate of drug-likeness (QED) is 0.559. The molecule has 1 rings (SSSR count). The van der Waals surface area contributed by atoms with Gasteiger partial charge in [-0.1, -0.05) is 25.4 Å². The lowest BCUT2D eigenvalue weighted by Gasteiger charge is -2.02. The molecule has 15 heavy (non-hydrogen) atoms. The average Bonchev–Trinajstić information content (AvgIpc) is 2.66. The van der Waals surface area contributed by atoms with Crippen LogP contribution in [0.25, 0.3) is 0 Å². The minimum atomic E-state index is -2.52. The third kappa shape index (κ3) is 2.16. The highest BCUT2D eigenvalue weighted by molar-refractivity contribution is 6.64. The molecule has 0 heterocycles. The van der Waals surface area contributed by atoms with Gasteiger partial charge in [0.2, 0.25) is 10.9 Å². The van der Waals surface area contributed by atoms with Gasteiger partial charge in [0, 0.05) is 11.8 Å². The zero-order valence-electron chi connectivity index (χ0n) is 8.03. The molecule has 0 radical (unpaired) electrons. The minimum absolute atomic E-state index is 0.752. The Kier molecular flexibility index (Phi) is 3.41. The second-order valence-electron chi connectivity index (χ2n) is 4.08. The molecule has 0 spiro atoms. The molecule has 1 fully saturated rings. The highest BCUT2D eigenvalue weighted by Crippen LogP contribution is 2.63. The number of allylic oxidation sites excluding steroid dienone is 2. The topological polar surface area (TPSA) is 17.1 Å². The Labute approximate surface area is 95.2 Å². The van der Waals surface area contributed by atoms with Crippen molar-refractivity contribution in [3.05, 3.63) is 11.7 Å². The molecule has 86 valence electrons. The molecule has 3 unspecified atom stereocenters. The van der Waals surface area contributed by atoms with Crippen molar-refractivity contribution in [2.45, 2.75) is 19.5 Å². The fourth-order valence-corrected chi connectivity index (χ4v) is 2.30. The van der Waals surface area contributed by atoms with Gasteiger partial charge in [0.1, 0.15) is 5.83 Å². The maximum atomic E-state index is 13.3. The fraction of sp³-hybridized carbons (Fsp3) is 0.667. The zero-order chi connectivity index (χ0) is 12.0. The third-order valence-electron chi connectivity index (χ3n) is 2.76. The van der Waals surface area contributed by atoms with Crippen molar-refractivity contribution in [3.8, 4) is 0 Å². The van der Waals surface area contributed by atoms with Gasteiger partial charge in [-0.05, 0) is 17.0 Å². The fourth-order valence-electron chi connectivity index (χ4n) is 1.79. The van der Waals surface area contributed by atoms with E-state index in [0.29, 0.717) is 0 Å². The van der Waals surface area contributed by atoms with Crippen LogP contribution < -0.4 is 0 Å². The Bertz CT molecular complexity index is 325. The maximum absolute atomic E-state index is 13.3. The average molecular weight is 261 g/mol. The maximum Gasteiger partial charge on any atom is 0.227 e. The van der Waals surface area contributed by atoms with Crippen LogP contribution in [0.15, 0.2) is 11.7 Å². The van der Waals surface area contributed by atoms with Crippen LogP contribution in [0.4, 0.5) is 13.2 Å². The normalized spacial score (nSPS) is 31.9. The van der Waals surface area contributed by atoms with E-state index in [2.05, 4.69) is 0 Å². The van der Waals surface area contributed by atoms with Crippen LogP contribution in [0, 0.1) is 17.3 Å². The Hall–Kier alpha value is -0.220. The van der Waals surface area contributed by atoms with Crippen molar-refractivity contribution in [2.75, 3.05) is 0 Å². The Morgan fingerprint density at radius 2 is 1.80 bits per heavy atom. The van der Waals surface area contributed by atoms with E-state index in [1.807, 2.05) is 0 Å². The summed E-state index contributed by atoms with van der Waals surface area (Å²) in [5, 5.41) is -0.752. The first-order chi connectivity index (χ1) is 6.71. The highest BCUT2D eigenvalue weighted by atomic mass is 35.5. The SMILES string of the molecule is CC1(C)C(C(=O)Cl)C1/C(F)=C(/F)C(F)Cl. The summed E-state index contributed by atoms with van der Waals surface area (Å²) in [6.45, 7) is 3.11. The molecule has 0 aliphatic heterocycles. The monoisotopic (exact) mass is 260 g/mol. The van der Waals surface area contributed by atoms with E-state index in [9.17, 15) is 18.0 Å². The molecule has 0 bridgehead atoms. The first kappa shape index (κ1) is 12.8. The first-order valence-electron chi connectivity index (χ1n) is 4.23. The van der Waals surface area contributed by atoms with E-state index in [4.69, 9.17) is 23.2 Å². The lowest BCUT2D eigenvalue weighted by molar-refractivity contribution is -0.113. The summed E-state index contributed by atoms with van der Waals surface area (Å²) in [6.07, 6.45) is 0. The van der Waals surface area contributed by atoms with Gasteiger partial charge in [-0.3, -0.25) is 4.79 Å². The molecule has 0 amide bonds. The van der Waals surface area contributed by atoms with Crippen molar-refractivity contribution in [3.63, 3.8) is 0 Å². The minimum Gasteiger partial charge on any atom is -0.281 e. The molecule has 3 atom stereocenters. The van der Waals surface area contributed by atoms with Crippen molar-refractivity contribution in [1.82, 2.24) is 0 Å². The van der Waals surface area contributed by atoms with Crippen LogP contribution in [-0.4, -0.2) is 10.9 Å². The first-order valence-corrected chi connectivity index (χ1v) is 5.05. The van der Waals surface area contributed by atoms with Gasteiger partial charge >= 0.3 is 0 Å². The molecular weight excluding hydrogens is 252 g/mol. The van der Waals surface area contributed by atoms with E-state index >= 15 is 0 Å². The lowest BCUT2D eigenvalue weighted by Crippen LogP contribution is -1.98. The molecule has 1 aliphatic rings. The smallest absolute Gasteiger partial charge is 0.227 e. The number of rotatable bonds is 3. The van der Waals surface area contributed by atoms with Gasteiger partial charge < -0.3 is 0 Å². The standard InChI is InChI=1S/C9H9Cl2F3O/c1-9(2)3(4(9)8(11)15)5(12)6(13)7(10)14/h3-4,7H,1-2H3/b6-5-. The largest absolute Gasteiger partial charge is 0.281 e. The van der Waals surface area contributed by atoms with Gasteiger partial charge in [-0.15, -0.1) is 0 Å². The van der Waals surface area contributed by atoms with Crippen molar-refractivity contribution < 1.29 is 18.0 Å². The molecule has 0 aromatic rings. The van der Waals surface area contributed by atoms with E-state index in [1.54, 1.807) is 13.8 Å². The predicted molar refractivity (Wildman–Crippen MR) is 51.6 cm³/mol. The van der Waals surface area contributed by atoms with Crippen LogP contribution in [0.2, 0.25) is 0 Å². The molecule has 0 N–H and O–H groups in total. The van der Waals surface area contributed by atoms with Gasteiger partial charge in [-0.2, -0.15) is 0 Å². The molecule has 0 aromatic carbocycles. The number of halogens is 5. The third-order valence-corrected chi connectivity index (χ3v) is 3.19. The van der Waals surface area contributed by atoms with Crippen LogP contribution in [0.5, 0.6) is 0 Å². The summed E-state index contributed by atoms with van der Waals surface area (Å²) in [5.41, 5.74) is -3.31. The Morgan fingerprint density at radius 3 is 2.07 bits per heavy atom. The van der Waals surface area contributed by atoms with Gasteiger partial charge in [-0.25, -0.2) is 13.2 Å². The van der Waals surface area contributed by atoms with E-state index in [-0.39, 0.29) is 0 Å². The predicted octanol–water partition coefficient (Wildman–Crippen LogP) is 3.71. The van der Waals surface area contributed by atoms with Crippen LogP contribution in [-0.2, 0) is 4.79 Å². The molecule has 1 saturated carbocycles. The summed E-state index contributed by atoms with van der Waals surface area (Å²) in [4.78, 5) is 10.9. The Balaban J connectivity index is 2.94. The number of hydrogen-bond donors (Lipinski definition) is 0. The summed E-state index contributed by atoms with van der Waals surface area (Å²) in [7, 11) is 0. The summed E-state index contributed by atoms with van der Waals surface area (Å²) in [5.74, 6) is -4.82. The van der Waals surface area contributed by atoms with Crippen molar-refractivity contribution >= 4 is 28.4 Å².